The molecular formula is C28H35FN6O. The molecule has 0 bridgehead atoms. The maximum atomic E-state index is 14.6. The van der Waals surface area contributed by atoms with Crippen molar-refractivity contribution in [3.63, 3.8) is 0 Å². The second-order valence-electron chi connectivity index (χ2n) is 9.64. The van der Waals surface area contributed by atoms with Crippen molar-refractivity contribution in [2.75, 3.05) is 50.2 Å². The molecule has 0 saturated carbocycles. The van der Waals surface area contributed by atoms with E-state index in [0.717, 1.165) is 66.5 Å². The summed E-state index contributed by atoms with van der Waals surface area (Å²) in [7, 11) is 3.81. The minimum Gasteiger partial charge on any atom is -0.385 e. The third kappa shape index (κ3) is 4.88. The molecule has 3 heterocycles. The Kier molecular flexibility index (Phi) is 7.34. The SMILES string of the molecule is COCCCN(C)c1ccc(-n2c(C3=CCC(N)C(F)=C3)nc3c(N4CCCCC4)ccnc32)cc1. The van der Waals surface area contributed by atoms with Gasteiger partial charge in [0.15, 0.2) is 5.65 Å². The Bertz CT molecular complexity index is 1260. The molecule has 1 aliphatic carbocycles. The molecule has 0 amide bonds. The van der Waals surface area contributed by atoms with Crippen LogP contribution in [0.2, 0.25) is 0 Å². The van der Waals surface area contributed by atoms with Gasteiger partial charge in [-0.2, -0.15) is 0 Å². The summed E-state index contributed by atoms with van der Waals surface area (Å²) in [6, 6.07) is 9.83. The lowest BCUT2D eigenvalue weighted by atomic mass is 10.0. The molecule has 8 heteroatoms. The van der Waals surface area contributed by atoms with Crippen molar-refractivity contribution < 1.29 is 9.13 Å². The van der Waals surface area contributed by atoms with Crippen LogP contribution in [0.1, 0.15) is 37.9 Å². The lowest BCUT2D eigenvalue weighted by molar-refractivity contribution is 0.196. The van der Waals surface area contributed by atoms with Crippen LogP contribution in [0.3, 0.4) is 0 Å². The fraction of sp³-hybridized carbons (Fsp3) is 0.429. The fourth-order valence-electron chi connectivity index (χ4n) is 5.06. The van der Waals surface area contributed by atoms with Crippen molar-refractivity contribution >= 4 is 28.1 Å². The number of piperidine rings is 1. The number of rotatable bonds is 8. The number of fused-ring (bicyclic) bond motifs is 1. The first-order valence-corrected chi connectivity index (χ1v) is 12.8. The van der Waals surface area contributed by atoms with Gasteiger partial charge in [-0.1, -0.05) is 6.08 Å². The van der Waals surface area contributed by atoms with E-state index in [4.69, 9.17) is 20.4 Å². The standard InChI is InChI=1S/C28H35FN6O/c1-33(15-6-18-36-2)21-8-10-22(11-9-21)35-27(20-7-12-24(30)23(29)19-20)32-26-25(13-14-31-28(26)35)34-16-4-3-5-17-34/h7-11,13-14,19,24H,3-6,12,15-18,30H2,1-2H3. The summed E-state index contributed by atoms with van der Waals surface area (Å²) in [6.45, 7) is 3.67. The van der Waals surface area contributed by atoms with Crippen molar-refractivity contribution in [2.45, 2.75) is 38.1 Å². The first-order chi connectivity index (χ1) is 17.6. The van der Waals surface area contributed by atoms with Gasteiger partial charge < -0.3 is 20.3 Å². The van der Waals surface area contributed by atoms with Crippen molar-refractivity contribution in [3.8, 4) is 5.69 Å². The number of aromatic nitrogens is 3. The zero-order chi connectivity index (χ0) is 25.1. The van der Waals surface area contributed by atoms with Crippen LogP contribution in [0.25, 0.3) is 22.4 Å². The largest absolute Gasteiger partial charge is 0.385 e. The lowest BCUT2D eigenvalue weighted by Gasteiger charge is -2.28. The first kappa shape index (κ1) is 24.5. The van der Waals surface area contributed by atoms with Crippen LogP contribution in [-0.2, 0) is 4.74 Å². The highest BCUT2D eigenvalue weighted by Gasteiger charge is 2.24. The van der Waals surface area contributed by atoms with Crippen LogP contribution in [-0.4, -0.2) is 61.0 Å². The van der Waals surface area contributed by atoms with E-state index in [0.29, 0.717) is 12.2 Å². The maximum Gasteiger partial charge on any atom is 0.167 e. The van der Waals surface area contributed by atoms with E-state index in [9.17, 15) is 4.39 Å². The Balaban J connectivity index is 1.58. The van der Waals surface area contributed by atoms with Crippen LogP contribution < -0.4 is 15.5 Å². The monoisotopic (exact) mass is 490 g/mol. The lowest BCUT2D eigenvalue weighted by Crippen LogP contribution is -2.29. The molecule has 2 N–H and O–H groups in total. The molecule has 0 radical (unpaired) electrons. The minimum atomic E-state index is -0.596. The molecule has 2 aromatic heterocycles. The molecule has 1 atom stereocenters. The number of ether oxygens (including phenoxy) is 1. The highest BCUT2D eigenvalue weighted by Crippen LogP contribution is 2.34. The molecule has 1 fully saturated rings. The Hall–Kier alpha value is -3.23. The third-order valence-corrected chi connectivity index (χ3v) is 7.11. The van der Waals surface area contributed by atoms with Gasteiger partial charge >= 0.3 is 0 Å². The summed E-state index contributed by atoms with van der Waals surface area (Å²) < 4.78 is 21.8. The average Bonchev–Trinajstić information content (AvgIpc) is 3.30. The van der Waals surface area contributed by atoms with Gasteiger partial charge in [-0.3, -0.25) is 4.57 Å². The Morgan fingerprint density at radius 1 is 1.14 bits per heavy atom. The highest BCUT2D eigenvalue weighted by atomic mass is 19.1. The minimum absolute atomic E-state index is 0.316. The molecule has 1 unspecified atom stereocenters. The quantitative estimate of drug-likeness (QED) is 0.455. The van der Waals surface area contributed by atoms with Crippen LogP contribution in [0.4, 0.5) is 15.8 Å². The van der Waals surface area contributed by atoms with Gasteiger partial charge in [0.05, 0.1) is 11.7 Å². The van der Waals surface area contributed by atoms with Gasteiger partial charge in [0.1, 0.15) is 17.2 Å². The Labute approximate surface area is 212 Å². The number of nitrogens with zero attached hydrogens (tertiary/aromatic N) is 5. The zero-order valence-corrected chi connectivity index (χ0v) is 21.2. The molecule has 5 rings (SSSR count). The number of nitrogens with two attached hydrogens (primary N) is 1. The van der Waals surface area contributed by atoms with E-state index in [2.05, 4.69) is 47.2 Å². The molecule has 190 valence electrons. The van der Waals surface area contributed by atoms with Gasteiger partial charge in [-0.25, -0.2) is 14.4 Å². The molecule has 7 nitrogen and oxygen atoms in total. The molecule has 36 heavy (non-hydrogen) atoms. The van der Waals surface area contributed by atoms with E-state index < -0.39 is 6.04 Å². The van der Waals surface area contributed by atoms with Crippen LogP contribution >= 0.6 is 0 Å². The molecule has 2 aliphatic rings. The summed E-state index contributed by atoms with van der Waals surface area (Å²) in [5.74, 6) is 0.369. The smallest absolute Gasteiger partial charge is 0.167 e. The third-order valence-electron chi connectivity index (χ3n) is 7.11. The fourth-order valence-corrected chi connectivity index (χ4v) is 5.06. The number of pyridine rings is 1. The predicted molar refractivity (Wildman–Crippen MR) is 144 cm³/mol. The van der Waals surface area contributed by atoms with Crippen LogP contribution in [0.15, 0.2) is 54.5 Å². The van der Waals surface area contributed by atoms with Gasteiger partial charge in [-0.05, 0) is 68.5 Å². The number of methoxy groups -OCH3 is 1. The number of hydrogen-bond acceptors (Lipinski definition) is 6. The number of anilines is 2. The van der Waals surface area contributed by atoms with Crippen LogP contribution in [0, 0.1) is 0 Å². The topological polar surface area (TPSA) is 72.4 Å². The normalized spacial score (nSPS) is 18.3. The number of halogens is 1. The maximum absolute atomic E-state index is 14.6. The summed E-state index contributed by atoms with van der Waals surface area (Å²) in [5.41, 5.74) is 11.4. The second-order valence-corrected chi connectivity index (χ2v) is 9.64. The van der Waals surface area contributed by atoms with E-state index in [1.807, 2.05) is 16.8 Å². The van der Waals surface area contributed by atoms with Crippen molar-refractivity contribution in [1.82, 2.24) is 14.5 Å². The van der Waals surface area contributed by atoms with Crippen LogP contribution in [0.5, 0.6) is 0 Å². The Morgan fingerprint density at radius 3 is 2.64 bits per heavy atom. The van der Waals surface area contributed by atoms with Gasteiger partial charge in [0.2, 0.25) is 0 Å². The highest BCUT2D eigenvalue weighted by molar-refractivity contribution is 5.91. The number of hydrogen-bond donors (Lipinski definition) is 1. The van der Waals surface area contributed by atoms with Gasteiger partial charge in [0, 0.05) is 63.5 Å². The molecule has 1 aromatic carbocycles. The zero-order valence-electron chi connectivity index (χ0n) is 21.2. The molecule has 1 saturated heterocycles. The van der Waals surface area contributed by atoms with E-state index in [1.54, 1.807) is 7.11 Å². The Morgan fingerprint density at radius 2 is 1.92 bits per heavy atom. The average molecular weight is 491 g/mol. The summed E-state index contributed by atoms with van der Waals surface area (Å²) in [4.78, 5) is 14.4. The molecular weight excluding hydrogens is 455 g/mol. The van der Waals surface area contributed by atoms with E-state index in [-0.39, 0.29) is 5.83 Å². The van der Waals surface area contributed by atoms with E-state index >= 15 is 0 Å². The van der Waals surface area contributed by atoms with Gasteiger partial charge in [0.25, 0.3) is 0 Å². The molecule has 0 spiro atoms. The second kappa shape index (κ2) is 10.8. The van der Waals surface area contributed by atoms with Crippen molar-refractivity contribution in [2.24, 2.45) is 5.73 Å². The summed E-state index contributed by atoms with van der Waals surface area (Å²) >= 11 is 0. The summed E-state index contributed by atoms with van der Waals surface area (Å²) in [6.07, 6.45) is 10.4. The van der Waals surface area contributed by atoms with Gasteiger partial charge in [-0.15, -0.1) is 0 Å². The number of imidazole rings is 1. The molecule has 1 aliphatic heterocycles. The molecule has 3 aromatic rings. The van der Waals surface area contributed by atoms with Crippen molar-refractivity contribution in [1.29, 1.82) is 0 Å². The summed E-state index contributed by atoms with van der Waals surface area (Å²) in [5, 5.41) is 0. The number of benzene rings is 1. The predicted octanol–water partition coefficient (Wildman–Crippen LogP) is 4.85. The number of allylic oxidation sites excluding steroid dienone is 2. The first-order valence-electron chi connectivity index (χ1n) is 12.8. The van der Waals surface area contributed by atoms with E-state index in [1.165, 1.54) is 25.3 Å². The van der Waals surface area contributed by atoms with Crippen molar-refractivity contribution in [3.05, 3.63) is 60.3 Å².